The van der Waals surface area contributed by atoms with Crippen LogP contribution in [0.4, 0.5) is 30.7 Å². The van der Waals surface area contributed by atoms with E-state index in [9.17, 15) is 40.6 Å². The summed E-state index contributed by atoms with van der Waals surface area (Å²) in [6, 6.07) is 1.41. The topological polar surface area (TPSA) is 70.6 Å². The molecule has 1 heterocycles. The number of alkyl halides is 6. The highest BCUT2D eigenvalue weighted by molar-refractivity contribution is 6.31. The fraction of sp³-hybridized carbons (Fsp3) is 0.476. The molecular weight excluding hydrogens is 497 g/mol. The van der Waals surface area contributed by atoms with Crippen molar-refractivity contribution in [2.24, 2.45) is 0 Å². The van der Waals surface area contributed by atoms with Gasteiger partial charge in [0.1, 0.15) is 5.82 Å². The summed E-state index contributed by atoms with van der Waals surface area (Å²) in [5.41, 5.74) is -5.74. The summed E-state index contributed by atoms with van der Waals surface area (Å²) >= 11 is 5.90. The lowest BCUT2D eigenvalue weighted by Gasteiger charge is -2.49. The van der Waals surface area contributed by atoms with Gasteiger partial charge in [0.05, 0.1) is 34.7 Å². The number of carbonyl (C=O) groups is 1. The van der Waals surface area contributed by atoms with Gasteiger partial charge in [-0.25, -0.2) is 4.39 Å². The molecule has 2 rings (SSSR count). The van der Waals surface area contributed by atoms with Crippen LogP contribution >= 0.6 is 11.6 Å². The molecule has 3 atom stereocenters. The van der Waals surface area contributed by atoms with Gasteiger partial charge in [-0.15, -0.1) is 0 Å². The maximum Gasteiger partial charge on any atom is 0.416 e. The zero-order valence-corrected chi connectivity index (χ0v) is 18.7. The lowest BCUT2D eigenvalue weighted by atomic mass is 9.69. The first-order valence-corrected chi connectivity index (χ1v) is 10.3. The van der Waals surface area contributed by atoms with E-state index in [4.69, 9.17) is 16.3 Å². The average Bonchev–Trinajstić information content (AvgIpc) is 2.71. The number of aliphatic hydroxyl groups is 1. The molecule has 190 valence electrons. The van der Waals surface area contributed by atoms with Crippen molar-refractivity contribution >= 4 is 17.6 Å². The van der Waals surface area contributed by atoms with Gasteiger partial charge >= 0.3 is 18.3 Å². The molecule has 0 amide bonds. The Labute approximate surface area is 195 Å². The van der Waals surface area contributed by atoms with Gasteiger partial charge in [0.25, 0.3) is 0 Å². The van der Waals surface area contributed by atoms with Crippen LogP contribution in [0, 0.1) is 5.82 Å². The van der Waals surface area contributed by atoms with Crippen LogP contribution < -0.4 is 10.6 Å². The third-order valence-corrected chi connectivity index (χ3v) is 5.62. The van der Waals surface area contributed by atoms with Gasteiger partial charge in [-0.05, 0) is 43.7 Å². The van der Waals surface area contributed by atoms with Gasteiger partial charge in [-0.1, -0.05) is 17.7 Å². The van der Waals surface area contributed by atoms with Crippen molar-refractivity contribution in [3.8, 4) is 0 Å². The van der Waals surface area contributed by atoms with Gasteiger partial charge in [0.15, 0.2) is 6.10 Å². The minimum Gasteiger partial charge on any atom is -0.466 e. The van der Waals surface area contributed by atoms with Crippen molar-refractivity contribution in [2.75, 3.05) is 13.2 Å². The third kappa shape index (κ3) is 6.22. The monoisotopic (exact) mass is 518 g/mol. The molecule has 0 saturated heterocycles. The summed E-state index contributed by atoms with van der Waals surface area (Å²) in [6.45, 7) is 1.44. The molecule has 0 radical (unpaired) electrons. The zero-order valence-electron chi connectivity index (χ0n) is 18.0. The van der Waals surface area contributed by atoms with E-state index in [1.807, 2.05) is 0 Å². The Balaban J connectivity index is 2.78. The molecule has 2 unspecified atom stereocenters. The minimum absolute atomic E-state index is 0.136. The summed E-state index contributed by atoms with van der Waals surface area (Å²) in [5, 5.41) is 14.9. The van der Waals surface area contributed by atoms with Gasteiger partial charge in [0, 0.05) is 12.7 Å². The number of rotatable bonds is 8. The maximum absolute atomic E-state index is 14.4. The van der Waals surface area contributed by atoms with Gasteiger partial charge in [-0.2, -0.15) is 26.3 Å². The van der Waals surface area contributed by atoms with Crippen LogP contribution in [0.2, 0.25) is 0 Å². The first-order valence-electron chi connectivity index (χ1n) is 9.90. The van der Waals surface area contributed by atoms with Crippen molar-refractivity contribution in [1.82, 2.24) is 10.6 Å². The molecule has 3 N–H and O–H groups in total. The van der Waals surface area contributed by atoms with Gasteiger partial charge < -0.3 is 20.5 Å². The standard InChI is InChI=1S/C21H22ClF7N2O3/c1-3-34-17(33)9-19(31-11-16(32)21(27,28)29,18(2)5-4-14(22)10-30-18)12-6-13(20(24,25)26)8-15(23)7-12/h4-8,10,16,30-32H,3,9,11H2,1-2H3/t16?,18?,19-/m0/s1. The number of hydrogen-bond acceptors (Lipinski definition) is 5. The molecular formula is C21H22ClF7N2O3. The van der Waals surface area contributed by atoms with E-state index in [1.165, 1.54) is 32.2 Å². The number of dihydropyridines is 1. The first-order chi connectivity index (χ1) is 15.5. The van der Waals surface area contributed by atoms with Crippen LogP contribution in [0.3, 0.4) is 0 Å². The second-order valence-corrected chi connectivity index (χ2v) is 8.20. The Bertz CT molecular complexity index is 965. The molecule has 1 aliphatic rings. The van der Waals surface area contributed by atoms with E-state index in [-0.39, 0.29) is 17.7 Å². The van der Waals surface area contributed by atoms with Crippen molar-refractivity contribution < 1.29 is 45.4 Å². The first kappa shape index (κ1) is 27.9. The Morgan fingerprint density at radius 1 is 1.21 bits per heavy atom. The molecule has 13 heteroatoms. The highest BCUT2D eigenvalue weighted by Crippen LogP contribution is 2.42. The quantitative estimate of drug-likeness (QED) is 0.349. The fourth-order valence-corrected chi connectivity index (χ4v) is 3.69. The van der Waals surface area contributed by atoms with Crippen LogP contribution in [0.5, 0.6) is 0 Å². The number of halogens is 8. The lowest BCUT2D eigenvalue weighted by Crippen LogP contribution is -2.66. The minimum atomic E-state index is -5.08. The molecule has 0 bridgehead atoms. The lowest BCUT2D eigenvalue weighted by molar-refractivity contribution is -0.203. The number of nitrogens with one attached hydrogen (secondary N) is 2. The molecule has 1 aromatic carbocycles. The smallest absolute Gasteiger partial charge is 0.416 e. The normalized spacial score (nSPS) is 21.3. The Kier molecular flexibility index (Phi) is 8.32. The molecule has 0 saturated carbocycles. The largest absolute Gasteiger partial charge is 0.466 e. The Morgan fingerprint density at radius 2 is 1.82 bits per heavy atom. The van der Waals surface area contributed by atoms with Crippen LogP contribution in [-0.4, -0.2) is 42.0 Å². The van der Waals surface area contributed by atoms with Gasteiger partial charge in [-0.3, -0.25) is 4.79 Å². The number of allylic oxidation sites excluding steroid dienone is 2. The van der Waals surface area contributed by atoms with Crippen LogP contribution in [0.25, 0.3) is 0 Å². The summed E-state index contributed by atoms with van der Waals surface area (Å²) in [7, 11) is 0. The highest BCUT2D eigenvalue weighted by atomic mass is 35.5. The predicted octanol–water partition coefficient (Wildman–Crippen LogP) is 4.50. The van der Waals surface area contributed by atoms with E-state index in [0.717, 1.165) is 0 Å². The summed E-state index contributed by atoms with van der Waals surface area (Å²) in [5.74, 6) is -2.33. The average molecular weight is 519 g/mol. The van der Waals surface area contributed by atoms with Crippen molar-refractivity contribution in [3.63, 3.8) is 0 Å². The summed E-state index contributed by atoms with van der Waals surface area (Å²) < 4.78 is 98.7. The van der Waals surface area contributed by atoms with Crippen molar-refractivity contribution in [3.05, 3.63) is 58.5 Å². The van der Waals surface area contributed by atoms with E-state index in [2.05, 4.69) is 10.6 Å². The van der Waals surface area contributed by atoms with Crippen molar-refractivity contribution in [1.29, 1.82) is 0 Å². The molecule has 0 aliphatic carbocycles. The van der Waals surface area contributed by atoms with E-state index in [1.54, 1.807) is 0 Å². The van der Waals surface area contributed by atoms with E-state index in [0.29, 0.717) is 12.1 Å². The fourth-order valence-electron chi connectivity index (χ4n) is 3.58. The third-order valence-electron chi connectivity index (χ3n) is 5.38. The molecule has 0 aromatic heterocycles. The second-order valence-electron chi connectivity index (χ2n) is 7.76. The predicted molar refractivity (Wildman–Crippen MR) is 109 cm³/mol. The van der Waals surface area contributed by atoms with Crippen LogP contribution in [0.15, 0.2) is 41.6 Å². The SMILES string of the molecule is CCOC(=O)C[C@](NCC(O)C(F)(F)F)(c1cc(F)cc(C(F)(F)F)c1)C1(C)C=CC(Cl)=CN1. The van der Waals surface area contributed by atoms with Crippen LogP contribution in [0.1, 0.15) is 31.4 Å². The Morgan fingerprint density at radius 3 is 2.32 bits per heavy atom. The molecule has 1 aromatic rings. The van der Waals surface area contributed by atoms with E-state index < -0.39 is 65.4 Å². The summed E-state index contributed by atoms with van der Waals surface area (Å²) in [4.78, 5) is 12.5. The number of aliphatic hydroxyl groups excluding tert-OH is 1. The molecule has 0 spiro atoms. The number of ether oxygens (including phenoxy) is 1. The van der Waals surface area contributed by atoms with Crippen LogP contribution in [-0.2, 0) is 21.2 Å². The molecule has 1 aliphatic heterocycles. The maximum atomic E-state index is 14.4. The number of hydrogen-bond donors (Lipinski definition) is 3. The molecule has 0 fully saturated rings. The number of benzene rings is 1. The highest BCUT2D eigenvalue weighted by Gasteiger charge is 2.52. The number of esters is 1. The van der Waals surface area contributed by atoms with E-state index >= 15 is 0 Å². The summed E-state index contributed by atoms with van der Waals surface area (Å²) in [6.07, 6.45) is -10.0. The number of carbonyl (C=O) groups excluding carboxylic acids is 1. The molecule has 34 heavy (non-hydrogen) atoms. The molecule has 5 nitrogen and oxygen atoms in total. The second kappa shape index (κ2) is 10.1. The Hall–Kier alpha value is -2.31. The van der Waals surface area contributed by atoms with Crippen molar-refractivity contribution in [2.45, 2.75) is 49.8 Å². The van der Waals surface area contributed by atoms with Gasteiger partial charge in [0.2, 0.25) is 0 Å². The zero-order chi connectivity index (χ0) is 25.9.